The zero-order valence-corrected chi connectivity index (χ0v) is 13.4. The van der Waals surface area contributed by atoms with E-state index in [4.69, 9.17) is 32.5 Å². The summed E-state index contributed by atoms with van der Waals surface area (Å²) >= 11 is 11.9. The lowest BCUT2D eigenvalue weighted by Gasteiger charge is -1.99. The zero-order valence-electron chi connectivity index (χ0n) is 11.9. The van der Waals surface area contributed by atoms with Gasteiger partial charge in [-0.05, 0) is 19.1 Å². The highest BCUT2D eigenvalue weighted by atomic mass is 35.5. The van der Waals surface area contributed by atoms with Gasteiger partial charge in [0.15, 0.2) is 6.61 Å². The topological polar surface area (TPSA) is 61.0 Å². The first-order valence-corrected chi connectivity index (χ1v) is 7.05. The summed E-state index contributed by atoms with van der Waals surface area (Å²) in [6, 6.07) is 6.76. The number of nitrogens with zero attached hydrogens (tertiary/aromatic N) is 1. The average molecular weight is 342 g/mol. The maximum absolute atomic E-state index is 11.5. The molecule has 0 amide bonds. The average Bonchev–Trinajstić information content (AvgIpc) is 2.88. The molecule has 0 bridgehead atoms. The van der Waals surface area contributed by atoms with Crippen molar-refractivity contribution in [1.29, 1.82) is 0 Å². The van der Waals surface area contributed by atoms with Gasteiger partial charge in [0, 0.05) is 5.56 Å². The van der Waals surface area contributed by atoms with Crippen molar-refractivity contribution in [3.8, 4) is 0 Å². The van der Waals surface area contributed by atoms with Gasteiger partial charge in [-0.25, -0.2) is 4.79 Å². The van der Waals surface area contributed by atoms with E-state index < -0.39 is 5.97 Å². The first kappa shape index (κ1) is 16.4. The molecule has 0 spiro atoms. The van der Waals surface area contributed by atoms with E-state index in [9.17, 15) is 4.79 Å². The van der Waals surface area contributed by atoms with Crippen LogP contribution in [0, 0.1) is 6.92 Å². The van der Waals surface area contributed by atoms with Crippen molar-refractivity contribution >= 4 is 35.4 Å². The van der Waals surface area contributed by atoms with Crippen molar-refractivity contribution in [3.63, 3.8) is 0 Å². The maximum Gasteiger partial charge on any atom is 0.341 e. The van der Waals surface area contributed by atoms with Crippen LogP contribution in [0.4, 0.5) is 0 Å². The van der Waals surface area contributed by atoms with Crippen molar-refractivity contribution in [2.24, 2.45) is 5.16 Å². The Morgan fingerprint density at radius 2 is 2.18 bits per heavy atom. The Morgan fingerprint density at radius 3 is 2.91 bits per heavy atom. The molecule has 116 valence electrons. The number of carbonyl (C=O) groups excluding carboxylic acids is 1. The SMILES string of the molecule is COC(=O)c1cc(CO/N=C\c2cccc(Cl)c2Cl)oc1C. The molecular formula is C15H13Cl2NO4. The number of oxime groups is 1. The third-order valence-corrected chi connectivity index (χ3v) is 3.66. The summed E-state index contributed by atoms with van der Waals surface area (Å²) in [6.07, 6.45) is 1.45. The van der Waals surface area contributed by atoms with Gasteiger partial charge >= 0.3 is 5.97 Å². The fraction of sp³-hybridized carbons (Fsp3) is 0.200. The molecule has 0 saturated heterocycles. The smallest absolute Gasteiger partial charge is 0.341 e. The molecule has 0 atom stereocenters. The van der Waals surface area contributed by atoms with Gasteiger partial charge in [-0.1, -0.05) is 40.5 Å². The lowest BCUT2D eigenvalue weighted by molar-refractivity contribution is 0.0599. The van der Waals surface area contributed by atoms with Crippen LogP contribution >= 0.6 is 23.2 Å². The monoisotopic (exact) mass is 341 g/mol. The number of methoxy groups -OCH3 is 1. The first-order valence-electron chi connectivity index (χ1n) is 6.30. The minimum Gasteiger partial charge on any atom is -0.465 e. The highest BCUT2D eigenvalue weighted by Gasteiger charge is 2.15. The van der Waals surface area contributed by atoms with Crippen LogP contribution in [0.3, 0.4) is 0 Å². The molecule has 1 heterocycles. The molecule has 5 nitrogen and oxygen atoms in total. The van der Waals surface area contributed by atoms with Crippen LogP contribution in [0.2, 0.25) is 10.0 Å². The number of furan rings is 1. The van der Waals surface area contributed by atoms with Crippen LogP contribution in [0.1, 0.15) is 27.4 Å². The highest BCUT2D eigenvalue weighted by Crippen LogP contribution is 2.24. The minimum atomic E-state index is -0.457. The number of rotatable bonds is 5. The van der Waals surface area contributed by atoms with E-state index in [1.165, 1.54) is 13.3 Å². The highest BCUT2D eigenvalue weighted by molar-refractivity contribution is 6.43. The molecule has 0 aliphatic carbocycles. The van der Waals surface area contributed by atoms with E-state index in [2.05, 4.69) is 9.89 Å². The number of ether oxygens (including phenoxy) is 1. The number of esters is 1. The standard InChI is InChI=1S/C15H13Cl2NO4/c1-9-12(15(19)20-2)6-11(22-9)8-21-18-7-10-4-3-5-13(16)14(10)17/h3-7H,8H2,1-2H3/b18-7-. The lowest BCUT2D eigenvalue weighted by Crippen LogP contribution is -2.00. The summed E-state index contributed by atoms with van der Waals surface area (Å²) in [6.45, 7) is 1.75. The second kappa shape index (κ2) is 7.33. The van der Waals surface area contributed by atoms with Gasteiger partial charge in [0.2, 0.25) is 0 Å². The van der Waals surface area contributed by atoms with Gasteiger partial charge in [0.05, 0.1) is 23.4 Å². The van der Waals surface area contributed by atoms with E-state index in [1.54, 1.807) is 31.2 Å². The fourth-order valence-electron chi connectivity index (χ4n) is 1.74. The molecule has 0 radical (unpaired) electrons. The number of hydrogen-bond acceptors (Lipinski definition) is 5. The van der Waals surface area contributed by atoms with Crippen molar-refractivity contribution in [2.45, 2.75) is 13.5 Å². The Bertz CT molecular complexity index is 710. The summed E-state index contributed by atoms with van der Waals surface area (Å²) in [5.74, 6) is 0.473. The molecule has 0 N–H and O–H groups in total. The number of benzene rings is 1. The Morgan fingerprint density at radius 1 is 1.41 bits per heavy atom. The maximum atomic E-state index is 11.5. The third-order valence-electron chi connectivity index (χ3n) is 2.83. The molecule has 0 aliphatic rings. The van der Waals surface area contributed by atoms with E-state index in [1.807, 2.05) is 0 Å². The van der Waals surface area contributed by atoms with Crippen LogP contribution in [0.15, 0.2) is 33.8 Å². The molecule has 0 unspecified atom stereocenters. The van der Waals surface area contributed by atoms with Crippen LogP contribution < -0.4 is 0 Å². The van der Waals surface area contributed by atoms with Gasteiger partial charge in [0.25, 0.3) is 0 Å². The van der Waals surface area contributed by atoms with Gasteiger partial charge in [0.1, 0.15) is 17.1 Å². The van der Waals surface area contributed by atoms with Gasteiger partial charge in [-0.15, -0.1) is 0 Å². The van der Waals surface area contributed by atoms with Crippen molar-refractivity contribution in [3.05, 3.63) is 57.0 Å². The lowest BCUT2D eigenvalue weighted by atomic mass is 10.2. The van der Waals surface area contributed by atoms with Gasteiger partial charge in [-0.2, -0.15) is 0 Å². The van der Waals surface area contributed by atoms with E-state index in [0.29, 0.717) is 32.7 Å². The second-order valence-electron chi connectivity index (χ2n) is 4.33. The number of carbonyl (C=O) groups is 1. The van der Waals surface area contributed by atoms with Crippen molar-refractivity contribution in [1.82, 2.24) is 0 Å². The largest absolute Gasteiger partial charge is 0.465 e. The van der Waals surface area contributed by atoms with Gasteiger partial charge < -0.3 is 14.0 Å². The quantitative estimate of drug-likeness (QED) is 0.463. The Labute approximate surface area is 137 Å². The second-order valence-corrected chi connectivity index (χ2v) is 5.11. The number of hydrogen-bond donors (Lipinski definition) is 0. The molecule has 1 aromatic carbocycles. The normalized spacial score (nSPS) is 10.9. The van der Waals surface area contributed by atoms with Gasteiger partial charge in [-0.3, -0.25) is 0 Å². The molecule has 0 fully saturated rings. The van der Waals surface area contributed by atoms with Crippen LogP contribution in [-0.2, 0) is 16.2 Å². The molecule has 22 heavy (non-hydrogen) atoms. The predicted octanol–water partition coefficient (Wildman–Crippen LogP) is 4.23. The molecule has 1 aromatic heterocycles. The molecule has 0 saturated carbocycles. The Balaban J connectivity index is 1.98. The summed E-state index contributed by atoms with van der Waals surface area (Å²) in [4.78, 5) is 16.6. The minimum absolute atomic E-state index is 0.0759. The van der Waals surface area contributed by atoms with Crippen molar-refractivity contribution in [2.75, 3.05) is 7.11 Å². The van der Waals surface area contributed by atoms with Crippen LogP contribution in [-0.4, -0.2) is 19.3 Å². The van der Waals surface area contributed by atoms with E-state index in [-0.39, 0.29) is 6.61 Å². The van der Waals surface area contributed by atoms with Crippen LogP contribution in [0.5, 0.6) is 0 Å². The summed E-state index contributed by atoms with van der Waals surface area (Å²) in [5.41, 5.74) is 1.00. The fourth-order valence-corrected chi connectivity index (χ4v) is 2.10. The Kier molecular flexibility index (Phi) is 5.46. The number of halogens is 2. The van der Waals surface area contributed by atoms with E-state index >= 15 is 0 Å². The Hall–Kier alpha value is -1.98. The predicted molar refractivity (Wildman–Crippen MR) is 83.6 cm³/mol. The summed E-state index contributed by atoms with van der Waals surface area (Å²) in [7, 11) is 1.31. The molecule has 2 rings (SSSR count). The third kappa shape index (κ3) is 3.81. The summed E-state index contributed by atoms with van der Waals surface area (Å²) in [5, 5.41) is 4.64. The molecule has 7 heteroatoms. The first-order chi connectivity index (χ1) is 10.5. The van der Waals surface area contributed by atoms with Crippen molar-refractivity contribution < 1.29 is 18.8 Å². The molecular weight excluding hydrogens is 329 g/mol. The number of aryl methyl sites for hydroxylation is 1. The molecule has 0 aliphatic heterocycles. The molecule has 2 aromatic rings. The van der Waals surface area contributed by atoms with E-state index in [0.717, 1.165) is 0 Å². The summed E-state index contributed by atoms with van der Waals surface area (Å²) < 4.78 is 10.0. The van der Waals surface area contributed by atoms with Crippen LogP contribution in [0.25, 0.3) is 0 Å². The zero-order chi connectivity index (χ0) is 16.1.